The first-order chi connectivity index (χ1) is 14.8. The number of benzene rings is 2. The van der Waals surface area contributed by atoms with Crippen LogP contribution in [0.2, 0.25) is 5.32 Å². The Labute approximate surface area is 191 Å². The number of nitrogens with zero attached hydrogens (tertiary/aromatic N) is 1. The normalized spacial score (nSPS) is 17.3. The van der Waals surface area contributed by atoms with Gasteiger partial charge in [-0.15, -0.1) is 0 Å². The minimum absolute atomic E-state index is 0.0243. The molecule has 2 amide bonds. The van der Waals surface area contributed by atoms with Crippen molar-refractivity contribution in [2.24, 2.45) is 0 Å². The van der Waals surface area contributed by atoms with Gasteiger partial charge in [-0.1, -0.05) is 0 Å². The molecule has 0 spiro atoms. The summed E-state index contributed by atoms with van der Waals surface area (Å²) in [6, 6.07) is 20.2. The molecule has 1 saturated heterocycles. The van der Waals surface area contributed by atoms with E-state index in [0.717, 1.165) is 18.2 Å². The summed E-state index contributed by atoms with van der Waals surface area (Å²) in [6.07, 6.45) is 1.86. The first kappa shape index (κ1) is 23.4. The molecular weight excluding hydrogens is 455 g/mol. The van der Waals surface area contributed by atoms with Crippen molar-refractivity contribution in [1.82, 2.24) is 10.2 Å². The molecule has 0 saturated carbocycles. The Morgan fingerprint density at radius 2 is 1.74 bits per heavy atom. The second kappa shape index (κ2) is 10.8. The number of likely N-dealkylation sites (tertiary alicyclic amines) is 1. The van der Waals surface area contributed by atoms with Crippen LogP contribution >= 0.6 is 0 Å². The maximum absolute atomic E-state index is 13.2. The van der Waals surface area contributed by atoms with Gasteiger partial charge in [-0.05, 0) is 0 Å². The van der Waals surface area contributed by atoms with Crippen molar-refractivity contribution in [3.05, 3.63) is 66.2 Å². The average molecular weight is 488 g/mol. The van der Waals surface area contributed by atoms with E-state index in [2.05, 4.69) is 41.7 Å². The summed E-state index contributed by atoms with van der Waals surface area (Å²) in [5.74, 6) is -0.0758. The van der Waals surface area contributed by atoms with Gasteiger partial charge < -0.3 is 0 Å². The second-order valence-electron chi connectivity index (χ2n) is 8.85. The molecule has 0 aliphatic carbocycles. The molecular formula is C25H32N2O3Se. The van der Waals surface area contributed by atoms with E-state index in [1.165, 1.54) is 10.0 Å². The molecule has 6 heteroatoms. The number of hydrogen-bond donors (Lipinski definition) is 1. The van der Waals surface area contributed by atoms with Crippen LogP contribution in [0.5, 0.6) is 0 Å². The summed E-state index contributed by atoms with van der Waals surface area (Å²) in [5, 5.41) is 4.15. The van der Waals surface area contributed by atoms with Crippen LogP contribution in [0, 0.1) is 0 Å². The van der Waals surface area contributed by atoms with Crippen molar-refractivity contribution < 1.29 is 14.3 Å². The molecule has 5 nitrogen and oxygen atoms in total. The van der Waals surface area contributed by atoms with Crippen LogP contribution in [-0.2, 0) is 16.0 Å². The van der Waals surface area contributed by atoms with Crippen LogP contribution in [-0.4, -0.2) is 56.1 Å². The second-order valence-corrected chi connectivity index (χ2v) is 11.1. The number of amides is 2. The van der Waals surface area contributed by atoms with Crippen molar-refractivity contribution in [3.63, 3.8) is 0 Å². The molecule has 1 aliphatic rings. The van der Waals surface area contributed by atoms with Gasteiger partial charge in [0.2, 0.25) is 0 Å². The van der Waals surface area contributed by atoms with E-state index in [0.29, 0.717) is 13.0 Å². The topological polar surface area (TPSA) is 58.6 Å². The average Bonchev–Trinajstić information content (AvgIpc) is 3.23. The molecule has 1 heterocycles. The first-order valence-electron chi connectivity index (χ1n) is 10.8. The zero-order valence-corrected chi connectivity index (χ0v) is 20.3. The maximum atomic E-state index is 13.2. The Hall–Kier alpha value is -2.30. The number of rotatable bonds is 7. The van der Waals surface area contributed by atoms with Gasteiger partial charge in [0.05, 0.1) is 0 Å². The molecule has 1 fully saturated rings. The van der Waals surface area contributed by atoms with Crippen LogP contribution in [0.15, 0.2) is 60.7 Å². The molecule has 0 bridgehead atoms. The number of carbonyl (C=O) groups excluding carboxylic acids is 2. The fourth-order valence-corrected chi connectivity index (χ4v) is 5.62. The molecule has 166 valence electrons. The standard InChI is InChI=1S/C25H32N2O3Se/c1-25(2,3)30-24(29)27-16-10-15-22(27)23(28)26-20(17-19-11-6-4-7-12-19)18-31-21-13-8-5-9-14-21/h4-9,11-14,20,22H,10,15-18H2,1-3H3,(H,26,28)/t20-,22-/m0/s1. The molecule has 0 unspecified atom stereocenters. The van der Waals surface area contributed by atoms with E-state index in [-0.39, 0.29) is 26.9 Å². The van der Waals surface area contributed by atoms with E-state index in [4.69, 9.17) is 4.74 Å². The van der Waals surface area contributed by atoms with E-state index in [9.17, 15) is 9.59 Å². The van der Waals surface area contributed by atoms with Crippen LogP contribution < -0.4 is 9.78 Å². The zero-order valence-electron chi connectivity index (χ0n) is 18.5. The first-order valence-corrected chi connectivity index (χ1v) is 12.9. The van der Waals surface area contributed by atoms with E-state index in [1.54, 1.807) is 4.90 Å². The molecule has 31 heavy (non-hydrogen) atoms. The summed E-state index contributed by atoms with van der Waals surface area (Å²) in [6.45, 7) is 6.09. The van der Waals surface area contributed by atoms with Crippen LogP contribution in [0.25, 0.3) is 0 Å². The van der Waals surface area contributed by atoms with Gasteiger partial charge in [0.15, 0.2) is 0 Å². The van der Waals surface area contributed by atoms with Crippen molar-refractivity contribution >= 4 is 31.4 Å². The summed E-state index contributed by atoms with van der Waals surface area (Å²) in [5.41, 5.74) is 0.626. The third-order valence-corrected chi connectivity index (χ3v) is 7.51. The summed E-state index contributed by atoms with van der Waals surface area (Å²) in [4.78, 5) is 27.4. The van der Waals surface area contributed by atoms with E-state index in [1.807, 2.05) is 45.0 Å². The molecule has 2 aromatic rings. The number of ether oxygens (including phenoxy) is 1. The van der Waals surface area contributed by atoms with Gasteiger partial charge >= 0.3 is 192 Å². The summed E-state index contributed by atoms with van der Waals surface area (Å²) >= 11 is 0.258. The minimum atomic E-state index is -0.575. The van der Waals surface area contributed by atoms with Gasteiger partial charge in [-0.3, -0.25) is 0 Å². The quantitative estimate of drug-likeness (QED) is 0.608. The van der Waals surface area contributed by atoms with Gasteiger partial charge in [0.1, 0.15) is 0 Å². The van der Waals surface area contributed by atoms with Gasteiger partial charge in [-0.25, -0.2) is 0 Å². The Balaban J connectivity index is 1.66. The molecule has 2 aromatic carbocycles. The predicted octanol–water partition coefficient (Wildman–Crippen LogP) is 3.56. The van der Waals surface area contributed by atoms with E-state index >= 15 is 0 Å². The predicted molar refractivity (Wildman–Crippen MR) is 125 cm³/mol. The Morgan fingerprint density at radius 3 is 2.39 bits per heavy atom. The molecule has 0 radical (unpaired) electrons. The molecule has 0 aromatic heterocycles. The van der Waals surface area contributed by atoms with Crippen LogP contribution in [0.1, 0.15) is 39.2 Å². The van der Waals surface area contributed by atoms with Crippen molar-refractivity contribution in [3.8, 4) is 0 Å². The Morgan fingerprint density at radius 1 is 1.10 bits per heavy atom. The van der Waals surface area contributed by atoms with Crippen LogP contribution in [0.3, 0.4) is 0 Å². The monoisotopic (exact) mass is 488 g/mol. The molecule has 1 aliphatic heterocycles. The van der Waals surface area contributed by atoms with Gasteiger partial charge in [0.25, 0.3) is 0 Å². The van der Waals surface area contributed by atoms with Crippen molar-refractivity contribution in [2.75, 3.05) is 6.54 Å². The Kier molecular flexibility index (Phi) is 8.16. The zero-order chi connectivity index (χ0) is 22.3. The van der Waals surface area contributed by atoms with Gasteiger partial charge in [-0.2, -0.15) is 0 Å². The van der Waals surface area contributed by atoms with Crippen molar-refractivity contribution in [2.45, 2.75) is 63.0 Å². The Bertz CT molecular complexity index is 852. The summed E-state index contributed by atoms with van der Waals surface area (Å²) < 4.78 is 6.84. The fourth-order valence-electron chi connectivity index (χ4n) is 3.64. The van der Waals surface area contributed by atoms with E-state index < -0.39 is 17.7 Å². The number of carbonyl (C=O) groups is 2. The third kappa shape index (κ3) is 7.41. The van der Waals surface area contributed by atoms with Crippen molar-refractivity contribution in [1.29, 1.82) is 0 Å². The SMILES string of the molecule is CC(C)(C)OC(=O)N1CCC[C@H]1C(=O)N[C@H](C[Se]c1ccccc1)Cc1ccccc1. The molecule has 3 rings (SSSR count). The number of hydrogen-bond acceptors (Lipinski definition) is 3. The molecule has 2 atom stereocenters. The molecule has 1 N–H and O–H groups in total. The van der Waals surface area contributed by atoms with Crippen LogP contribution in [0.4, 0.5) is 4.79 Å². The third-order valence-electron chi connectivity index (χ3n) is 5.05. The fraction of sp³-hybridized carbons (Fsp3) is 0.440. The number of nitrogens with one attached hydrogen (secondary N) is 1. The summed E-state index contributed by atoms with van der Waals surface area (Å²) in [7, 11) is 0. The van der Waals surface area contributed by atoms with Gasteiger partial charge in [0, 0.05) is 0 Å².